The molecule has 9 heteroatoms. The first kappa shape index (κ1) is 19.2. The molecule has 0 aliphatic carbocycles. The molecule has 0 fully saturated rings. The number of aromatic amines is 2. The molecule has 3 aromatic carbocycles. The third-order valence-corrected chi connectivity index (χ3v) is 5.70. The molecule has 0 saturated heterocycles. The Bertz CT molecular complexity index is 1550. The summed E-state index contributed by atoms with van der Waals surface area (Å²) in [5.41, 5.74) is 1.34. The van der Waals surface area contributed by atoms with E-state index in [1.807, 2.05) is 48.5 Å². The lowest BCUT2D eigenvalue weighted by molar-refractivity contribution is 0.102. The summed E-state index contributed by atoms with van der Waals surface area (Å²) < 4.78 is 6.95. The normalized spacial score (nSPS) is 11.0. The summed E-state index contributed by atoms with van der Waals surface area (Å²) in [7, 11) is 0. The number of thiazole rings is 1. The van der Waals surface area contributed by atoms with Crippen LogP contribution in [0.2, 0.25) is 0 Å². The van der Waals surface area contributed by atoms with E-state index in [2.05, 4.69) is 20.3 Å². The Morgan fingerprint density at radius 1 is 1.00 bits per heavy atom. The topological polar surface area (TPSA) is 99.9 Å². The van der Waals surface area contributed by atoms with Crippen molar-refractivity contribution in [2.24, 2.45) is 0 Å². The van der Waals surface area contributed by atoms with Gasteiger partial charge in [0.25, 0.3) is 11.5 Å². The van der Waals surface area contributed by atoms with Crippen LogP contribution in [0.5, 0.6) is 11.5 Å². The molecule has 0 radical (unpaired) electrons. The summed E-state index contributed by atoms with van der Waals surface area (Å²) in [6, 6.07) is 19.8. The van der Waals surface area contributed by atoms with Gasteiger partial charge in [-0.2, -0.15) is 0 Å². The lowest BCUT2D eigenvalue weighted by Crippen LogP contribution is -2.13. The van der Waals surface area contributed by atoms with Crippen LogP contribution in [0.1, 0.15) is 10.4 Å². The molecule has 5 aromatic rings. The molecular weight excluding hydrogens is 432 g/mol. The largest absolute Gasteiger partial charge is 0.457 e. The van der Waals surface area contributed by atoms with Gasteiger partial charge < -0.3 is 9.72 Å². The number of carbonyl (C=O) groups is 1. The summed E-state index contributed by atoms with van der Waals surface area (Å²) >= 11 is 6.35. The number of hydrogen-bond acceptors (Lipinski definition) is 6. The smallest absolute Gasteiger partial charge is 0.259 e. The van der Waals surface area contributed by atoms with Gasteiger partial charge in [-0.3, -0.25) is 19.9 Å². The zero-order chi connectivity index (χ0) is 21.4. The van der Waals surface area contributed by atoms with Gasteiger partial charge in [0.1, 0.15) is 11.5 Å². The van der Waals surface area contributed by atoms with Crippen molar-refractivity contribution < 1.29 is 9.53 Å². The fraction of sp³-hybridized carbons (Fsp3) is 0. The van der Waals surface area contributed by atoms with E-state index in [1.54, 1.807) is 18.2 Å². The molecule has 152 valence electrons. The molecule has 2 aromatic heterocycles. The number of fused-ring (bicyclic) bond motifs is 2. The molecule has 0 unspecified atom stereocenters. The maximum atomic E-state index is 12.7. The molecule has 0 aliphatic rings. The Morgan fingerprint density at radius 3 is 2.68 bits per heavy atom. The van der Waals surface area contributed by atoms with Crippen molar-refractivity contribution in [3.05, 3.63) is 87.4 Å². The molecule has 0 aliphatic heterocycles. The lowest BCUT2D eigenvalue weighted by atomic mass is 10.1. The summed E-state index contributed by atoms with van der Waals surface area (Å²) in [6.45, 7) is 0. The molecule has 0 bridgehead atoms. The van der Waals surface area contributed by atoms with Crippen molar-refractivity contribution in [1.29, 1.82) is 0 Å². The minimum Gasteiger partial charge on any atom is -0.457 e. The SMILES string of the molecule is O=C(Nc1nc2ccc(Oc3ccccc3)cc2s1)c1ccc2c(=O)[nH]c(=S)[nH]c2c1. The number of para-hydroxylation sites is 1. The number of nitrogens with zero attached hydrogens (tertiary/aromatic N) is 1. The molecule has 7 nitrogen and oxygen atoms in total. The highest BCUT2D eigenvalue weighted by molar-refractivity contribution is 7.71. The molecule has 5 rings (SSSR count). The highest BCUT2D eigenvalue weighted by Gasteiger charge is 2.12. The second-order valence-corrected chi connectivity index (χ2v) is 8.13. The van der Waals surface area contributed by atoms with Crippen molar-refractivity contribution in [3.8, 4) is 11.5 Å². The maximum Gasteiger partial charge on any atom is 0.259 e. The van der Waals surface area contributed by atoms with E-state index in [0.717, 1.165) is 16.0 Å². The van der Waals surface area contributed by atoms with Crippen LogP contribution in [-0.2, 0) is 0 Å². The third-order valence-electron chi connectivity index (χ3n) is 4.56. The van der Waals surface area contributed by atoms with Gasteiger partial charge in [-0.25, -0.2) is 4.98 Å². The predicted octanol–water partition coefficient (Wildman–Crippen LogP) is 5.24. The number of carbonyl (C=O) groups excluding carboxylic acids is 1. The van der Waals surface area contributed by atoms with Gasteiger partial charge in [0.05, 0.1) is 21.1 Å². The third kappa shape index (κ3) is 3.96. The van der Waals surface area contributed by atoms with Gasteiger partial charge in [-0.15, -0.1) is 0 Å². The predicted molar refractivity (Wildman–Crippen MR) is 124 cm³/mol. The number of amides is 1. The highest BCUT2D eigenvalue weighted by atomic mass is 32.1. The Kier molecular flexibility index (Phi) is 4.81. The van der Waals surface area contributed by atoms with Crippen molar-refractivity contribution >= 4 is 55.7 Å². The van der Waals surface area contributed by atoms with E-state index in [4.69, 9.17) is 17.0 Å². The molecular formula is C22H14N4O3S2. The Balaban J connectivity index is 1.39. The first-order valence-electron chi connectivity index (χ1n) is 9.26. The number of aromatic nitrogens is 3. The number of ether oxygens (including phenoxy) is 1. The van der Waals surface area contributed by atoms with Crippen LogP contribution in [0.15, 0.2) is 71.5 Å². The maximum absolute atomic E-state index is 12.7. The zero-order valence-corrected chi connectivity index (χ0v) is 17.5. The van der Waals surface area contributed by atoms with Crippen molar-refractivity contribution in [1.82, 2.24) is 15.0 Å². The van der Waals surface area contributed by atoms with Gasteiger partial charge in [0.2, 0.25) is 0 Å². The second kappa shape index (κ2) is 7.78. The molecule has 1 amide bonds. The average molecular weight is 447 g/mol. The van der Waals surface area contributed by atoms with E-state index < -0.39 is 0 Å². The highest BCUT2D eigenvalue weighted by Crippen LogP contribution is 2.31. The van der Waals surface area contributed by atoms with Crippen molar-refractivity contribution in [2.75, 3.05) is 5.32 Å². The van der Waals surface area contributed by atoms with Gasteiger partial charge in [0.15, 0.2) is 9.90 Å². The lowest BCUT2D eigenvalue weighted by Gasteiger charge is -2.04. The van der Waals surface area contributed by atoms with Gasteiger partial charge in [-0.05, 0) is 54.7 Å². The van der Waals surface area contributed by atoms with Crippen LogP contribution >= 0.6 is 23.6 Å². The minimum absolute atomic E-state index is 0.203. The van der Waals surface area contributed by atoms with Crippen LogP contribution in [0.25, 0.3) is 21.1 Å². The summed E-state index contributed by atoms with van der Waals surface area (Å²) in [5.74, 6) is 1.10. The van der Waals surface area contributed by atoms with E-state index in [0.29, 0.717) is 27.3 Å². The first-order valence-corrected chi connectivity index (χ1v) is 10.5. The molecule has 31 heavy (non-hydrogen) atoms. The van der Waals surface area contributed by atoms with Gasteiger partial charge in [-0.1, -0.05) is 29.5 Å². The number of H-pyrrole nitrogens is 2. The summed E-state index contributed by atoms with van der Waals surface area (Å²) in [4.78, 5) is 34.5. The van der Waals surface area contributed by atoms with E-state index >= 15 is 0 Å². The van der Waals surface area contributed by atoms with Crippen LogP contribution in [-0.4, -0.2) is 20.9 Å². The zero-order valence-electron chi connectivity index (χ0n) is 15.8. The van der Waals surface area contributed by atoms with Crippen LogP contribution < -0.4 is 15.6 Å². The number of rotatable bonds is 4. The Morgan fingerprint density at radius 2 is 1.84 bits per heavy atom. The Hall–Kier alpha value is -3.82. The minimum atomic E-state index is -0.332. The van der Waals surface area contributed by atoms with E-state index in [1.165, 1.54) is 11.3 Å². The van der Waals surface area contributed by atoms with Crippen molar-refractivity contribution in [2.45, 2.75) is 0 Å². The van der Waals surface area contributed by atoms with Crippen LogP contribution in [0, 0.1) is 4.77 Å². The van der Waals surface area contributed by atoms with Crippen molar-refractivity contribution in [3.63, 3.8) is 0 Å². The molecule has 0 saturated carbocycles. The average Bonchev–Trinajstić information content (AvgIpc) is 3.15. The summed E-state index contributed by atoms with van der Waals surface area (Å²) in [5, 5.41) is 3.71. The second-order valence-electron chi connectivity index (χ2n) is 6.69. The molecule has 3 N–H and O–H groups in total. The standard InChI is InChI=1S/C22H14N4O3S2/c27-19(12-6-8-15-17(10-12)23-21(30)25-20(15)28)26-22-24-16-9-7-14(11-18(16)31-22)29-13-4-2-1-3-5-13/h1-11H,(H,24,26,27)(H2,23,25,28,30). The van der Waals surface area contributed by atoms with Crippen LogP contribution in [0.3, 0.4) is 0 Å². The van der Waals surface area contributed by atoms with E-state index in [-0.39, 0.29) is 16.2 Å². The fourth-order valence-electron chi connectivity index (χ4n) is 3.13. The number of anilines is 1. The molecule has 2 heterocycles. The monoisotopic (exact) mass is 446 g/mol. The molecule has 0 spiro atoms. The van der Waals surface area contributed by atoms with Gasteiger partial charge in [0, 0.05) is 11.6 Å². The van der Waals surface area contributed by atoms with Gasteiger partial charge >= 0.3 is 0 Å². The summed E-state index contributed by atoms with van der Waals surface area (Å²) in [6.07, 6.45) is 0. The number of nitrogens with one attached hydrogen (secondary N) is 3. The Labute approximate surface area is 184 Å². The number of hydrogen-bond donors (Lipinski definition) is 3. The van der Waals surface area contributed by atoms with E-state index in [9.17, 15) is 9.59 Å². The fourth-order valence-corrected chi connectivity index (χ4v) is 4.22. The molecule has 0 atom stereocenters. The first-order chi connectivity index (χ1) is 15.0. The van der Waals surface area contributed by atoms with Crippen LogP contribution in [0.4, 0.5) is 5.13 Å². The quantitative estimate of drug-likeness (QED) is 0.328. The number of benzene rings is 3.